The summed E-state index contributed by atoms with van der Waals surface area (Å²) in [6.07, 6.45) is -0.796. The van der Waals surface area contributed by atoms with Gasteiger partial charge in [0.1, 0.15) is 11.6 Å². The summed E-state index contributed by atoms with van der Waals surface area (Å²) in [4.78, 5) is 12.1. The number of halogens is 3. The van der Waals surface area contributed by atoms with Crippen LogP contribution in [0.25, 0.3) is 0 Å². The number of hydrogen-bond donors (Lipinski definition) is 1. The van der Waals surface area contributed by atoms with Crippen LogP contribution in [0.4, 0.5) is 10.1 Å². The van der Waals surface area contributed by atoms with Gasteiger partial charge in [-0.3, -0.25) is 4.79 Å². The highest BCUT2D eigenvalue weighted by Gasteiger charge is 2.17. The Hall–Kier alpha value is -1.78. The molecule has 3 nitrogen and oxygen atoms in total. The number of aryl methyl sites for hydroxylation is 1. The SMILES string of the molecule is Cc1cc(Cl)ccc1OC(C)C(=O)Nc1ccc(Cl)cc1F. The molecule has 0 saturated heterocycles. The van der Waals surface area contributed by atoms with Gasteiger partial charge in [0, 0.05) is 10.0 Å². The average Bonchev–Trinajstić information content (AvgIpc) is 2.44. The number of ether oxygens (including phenoxy) is 1. The van der Waals surface area contributed by atoms with Gasteiger partial charge in [-0.25, -0.2) is 4.39 Å². The van der Waals surface area contributed by atoms with Crippen LogP contribution < -0.4 is 10.1 Å². The Kier molecular flexibility index (Phi) is 5.27. The zero-order chi connectivity index (χ0) is 16.3. The largest absolute Gasteiger partial charge is 0.481 e. The highest BCUT2D eigenvalue weighted by Crippen LogP contribution is 2.23. The van der Waals surface area contributed by atoms with E-state index in [9.17, 15) is 9.18 Å². The summed E-state index contributed by atoms with van der Waals surface area (Å²) in [7, 11) is 0. The van der Waals surface area contributed by atoms with Gasteiger partial charge < -0.3 is 10.1 Å². The van der Waals surface area contributed by atoms with Crippen molar-refractivity contribution in [1.82, 2.24) is 0 Å². The maximum atomic E-state index is 13.7. The molecule has 1 amide bonds. The number of amides is 1. The Labute approximate surface area is 138 Å². The number of anilines is 1. The molecule has 1 atom stereocenters. The van der Waals surface area contributed by atoms with Crippen molar-refractivity contribution < 1.29 is 13.9 Å². The van der Waals surface area contributed by atoms with E-state index in [4.69, 9.17) is 27.9 Å². The molecule has 0 aliphatic rings. The summed E-state index contributed by atoms with van der Waals surface area (Å²) in [5.74, 6) is -0.519. The average molecular weight is 342 g/mol. The van der Waals surface area contributed by atoms with Crippen LogP contribution in [0, 0.1) is 12.7 Å². The second kappa shape index (κ2) is 6.99. The van der Waals surface area contributed by atoms with E-state index in [2.05, 4.69) is 5.32 Å². The molecular weight excluding hydrogens is 328 g/mol. The fourth-order valence-electron chi connectivity index (χ4n) is 1.81. The topological polar surface area (TPSA) is 38.3 Å². The minimum Gasteiger partial charge on any atom is -0.481 e. The van der Waals surface area contributed by atoms with Crippen molar-refractivity contribution in [2.75, 3.05) is 5.32 Å². The molecule has 0 bridgehead atoms. The summed E-state index contributed by atoms with van der Waals surface area (Å²) >= 11 is 11.5. The lowest BCUT2D eigenvalue weighted by atomic mass is 10.2. The molecule has 0 aliphatic heterocycles. The van der Waals surface area contributed by atoms with Crippen molar-refractivity contribution in [2.24, 2.45) is 0 Å². The minimum atomic E-state index is -0.796. The second-order valence-corrected chi connectivity index (χ2v) is 5.66. The molecule has 0 radical (unpaired) electrons. The van der Waals surface area contributed by atoms with Gasteiger partial charge in [0.25, 0.3) is 5.91 Å². The molecule has 2 rings (SSSR count). The molecule has 1 N–H and O–H groups in total. The molecule has 2 aromatic rings. The van der Waals surface area contributed by atoms with Crippen LogP contribution in [0.3, 0.4) is 0 Å². The van der Waals surface area contributed by atoms with Gasteiger partial charge in [-0.2, -0.15) is 0 Å². The zero-order valence-electron chi connectivity index (χ0n) is 12.0. The van der Waals surface area contributed by atoms with Gasteiger partial charge in [-0.1, -0.05) is 23.2 Å². The van der Waals surface area contributed by atoms with Gasteiger partial charge in [0.05, 0.1) is 5.69 Å². The van der Waals surface area contributed by atoms with Crippen molar-refractivity contribution in [2.45, 2.75) is 20.0 Å². The van der Waals surface area contributed by atoms with Gasteiger partial charge >= 0.3 is 0 Å². The molecular formula is C16H14Cl2FNO2. The quantitative estimate of drug-likeness (QED) is 0.863. The molecule has 0 spiro atoms. The molecule has 116 valence electrons. The summed E-state index contributed by atoms with van der Waals surface area (Å²) in [6.45, 7) is 3.40. The van der Waals surface area contributed by atoms with Gasteiger partial charge in [0.2, 0.25) is 0 Å². The zero-order valence-corrected chi connectivity index (χ0v) is 13.5. The van der Waals surface area contributed by atoms with Crippen LogP contribution >= 0.6 is 23.2 Å². The third-order valence-corrected chi connectivity index (χ3v) is 3.47. The first-order valence-corrected chi connectivity index (χ1v) is 7.31. The third-order valence-electron chi connectivity index (χ3n) is 3.00. The van der Waals surface area contributed by atoms with Crippen molar-refractivity contribution in [3.63, 3.8) is 0 Å². The Balaban J connectivity index is 2.05. The minimum absolute atomic E-state index is 0.0534. The van der Waals surface area contributed by atoms with Crippen molar-refractivity contribution >= 4 is 34.8 Å². The van der Waals surface area contributed by atoms with Gasteiger partial charge in [-0.05, 0) is 55.8 Å². The van der Waals surface area contributed by atoms with Crippen LogP contribution in [0.5, 0.6) is 5.75 Å². The molecule has 0 saturated carbocycles. The van der Waals surface area contributed by atoms with Crippen molar-refractivity contribution in [3.05, 3.63) is 57.8 Å². The maximum absolute atomic E-state index is 13.7. The molecule has 2 aromatic carbocycles. The first kappa shape index (κ1) is 16.6. The number of nitrogens with one attached hydrogen (secondary N) is 1. The predicted molar refractivity (Wildman–Crippen MR) is 86.3 cm³/mol. The fraction of sp³-hybridized carbons (Fsp3) is 0.188. The maximum Gasteiger partial charge on any atom is 0.265 e. The molecule has 1 unspecified atom stereocenters. The lowest BCUT2D eigenvalue weighted by molar-refractivity contribution is -0.122. The van der Waals surface area contributed by atoms with E-state index >= 15 is 0 Å². The van der Waals surface area contributed by atoms with E-state index in [1.165, 1.54) is 12.1 Å². The predicted octanol–water partition coefficient (Wildman–Crippen LogP) is 4.85. The molecule has 0 aliphatic carbocycles. The van der Waals surface area contributed by atoms with Gasteiger partial charge in [0.15, 0.2) is 6.10 Å². The molecule has 0 fully saturated rings. The second-order valence-electron chi connectivity index (χ2n) is 4.78. The summed E-state index contributed by atoms with van der Waals surface area (Å²) in [5.41, 5.74) is 0.863. The highest BCUT2D eigenvalue weighted by atomic mass is 35.5. The molecule has 6 heteroatoms. The van der Waals surface area contributed by atoms with Gasteiger partial charge in [-0.15, -0.1) is 0 Å². The molecule has 22 heavy (non-hydrogen) atoms. The van der Waals surface area contributed by atoms with E-state index in [0.29, 0.717) is 10.8 Å². The highest BCUT2D eigenvalue weighted by molar-refractivity contribution is 6.31. The van der Waals surface area contributed by atoms with E-state index in [0.717, 1.165) is 11.6 Å². The van der Waals surface area contributed by atoms with Crippen LogP contribution in [0.15, 0.2) is 36.4 Å². The molecule has 0 aromatic heterocycles. The number of hydrogen-bond acceptors (Lipinski definition) is 2. The molecule has 0 heterocycles. The van der Waals surface area contributed by atoms with E-state index in [1.807, 2.05) is 6.92 Å². The Morgan fingerprint density at radius 2 is 1.82 bits per heavy atom. The normalized spacial score (nSPS) is 11.9. The monoisotopic (exact) mass is 341 g/mol. The Bertz CT molecular complexity index is 707. The standard InChI is InChI=1S/C16H14Cl2FNO2/c1-9-7-11(17)4-6-15(9)22-10(2)16(21)20-14-5-3-12(18)8-13(14)19/h3-8,10H,1-2H3,(H,20,21). The number of carbonyl (C=O) groups is 1. The Morgan fingerprint density at radius 3 is 2.45 bits per heavy atom. The van der Waals surface area contributed by atoms with Crippen molar-refractivity contribution in [3.8, 4) is 5.75 Å². The smallest absolute Gasteiger partial charge is 0.265 e. The lowest BCUT2D eigenvalue weighted by Gasteiger charge is -2.16. The third kappa shape index (κ3) is 4.12. The first-order valence-electron chi connectivity index (χ1n) is 6.55. The lowest BCUT2D eigenvalue weighted by Crippen LogP contribution is -2.30. The van der Waals surface area contributed by atoms with E-state index < -0.39 is 17.8 Å². The van der Waals surface area contributed by atoms with Crippen LogP contribution in [-0.4, -0.2) is 12.0 Å². The van der Waals surface area contributed by atoms with Crippen LogP contribution in [0.2, 0.25) is 10.0 Å². The number of rotatable bonds is 4. The summed E-state index contributed by atoms with van der Waals surface area (Å²) in [5, 5.41) is 3.31. The first-order chi connectivity index (χ1) is 10.4. The van der Waals surface area contributed by atoms with E-state index in [-0.39, 0.29) is 10.7 Å². The number of benzene rings is 2. The number of carbonyl (C=O) groups excluding carboxylic acids is 1. The van der Waals surface area contributed by atoms with Crippen molar-refractivity contribution in [1.29, 1.82) is 0 Å². The van der Waals surface area contributed by atoms with Crippen LogP contribution in [-0.2, 0) is 4.79 Å². The summed E-state index contributed by atoms with van der Waals surface area (Å²) in [6, 6.07) is 9.12. The van der Waals surface area contributed by atoms with Crippen LogP contribution in [0.1, 0.15) is 12.5 Å². The fourth-order valence-corrected chi connectivity index (χ4v) is 2.20. The van der Waals surface area contributed by atoms with E-state index in [1.54, 1.807) is 25.1 Å². The Morgan fingerprint density at radius 1 is 1.18 bits per heavy atom. The summed E-state index contributed by atoms with van der Waals surface area (Å²) < 4.78 is 19.2.